The minimum absolute atomic E-state index is 0.0716. The SMILES string of the molecule is CC(C)(N)C(=O)Nc1ccc(OCC(F)(F)F)cc1. The van der Waals surface area contributed by atoms with E-state index in [1.807, 2.05) is 0 Å². The maximum absolute atomic E-state index is 11.9. The predicted molar refractivity (Wildman–Crippen MR) is 64.9 cm³/mol. The summed E-state index contributed by atoms with van der Waals surface area (Å²) in [6.45, 7) is 1.74. The molecule has 7 heteroatoms. The van der Waals surface area contributed by atoms with E-state index in [0.717, 1.165) is 0 Å². The van der Waals surface area contributed by atoms with Gasteiger partial charge in [0, 0.05) is 5.69 Å². The smallest absolute Gasteiger partial charge is 0.422 e. The molecule has 106 valence electrons. The summed E-state index contributed by atoms with van der Waals surface area (Å²) in [6, 6.07) is 5.56. The van der Waals surface area contributed by atoms with Crippen LogP contribution in [0.3, 0.4) is 0 Å². The lowest BCUT2D eigenvalue weighted by atomic mass is 10.1. The molecule has 0 fully saturated rings. The third-order valence-electron chi connectivity index (χ3n) is 2.10. The van der Waals surface area contributed by atoms with Crippen LogP contribution in [0.25, 0.3) is 0 Å². The molecule has 0 bridgehead atoms. The number of carbonyl (C=O) groups excluding carboxylic acids is 1. The van der Waals surface area contributed by atoms with Gasteiger partial charge in [-0.3, -0.25) is 4.79 Å². The Labute approximate surface area is 108 Å². The Kier molecular flexibility index (Phi) is 4.41. The van der Waals surface area contributed by atoms with Crippen LogP contribution in [-0.2, 0) is 4.79 Å². The lowest BCUT2D eigenvalue weighted by Crippen LogP contribution is -2.45. The normalized spacial score (nSPS) is 12.1. The van der Waals surface area contributed by atoms with Gasteiger partial charge in [0.15, 0.2) is 6.61 Å². The van der Waals surface area contributed by atoms with Gasteiger partial charge in [-0.05, 0) is 38.1 Å². The zero-order valence-electron chi connectivity index (χ0n) is 10.5. The number of anilines is 1. The summed E-state index contributed by atoms with van der Waals surface area (Å²) in [6.07, 6.45) is -4.38. The Hall–Kier alpha value is -1.76. The van der Waals surface area contributed by atoms with Crippen molar-refractivity contribution in [1.29, 1.82) is 0 Å². The highest BCUT2D eigenvalue weighted by molar-refractivity contribution is 5.97. The number of halogens is 3. The van der Waals surface area contributed by atoms with Crippen LogP contribution in [-0.4, -0.2) is 24.2 Å². The van der Waals surface area contributed by atoms with Crippen molar-refractivity contribution in [3.05, 3.63) is 24.3 Å². The van der Waals surface area contributed by atoms with Crippen molar-refractivity contribution >= 4 is 11.6 Å². The van der Waals surface area contributed by atoms with Gasteiger partial charge >= 0.3 is 6.18 Å². The molecule has 0 saturated carbocycles. The predicted octanol–water partition coefficient (Wildman–Crippen LogP) is 2.30. The molecule has 0 atom stereocenters. The van der Waals surface area contributed by atoms with Gasteiger partial charge in [0.2, 0.25) is 5.91 Å². The molecule has 0 aliphatic rings. The molecule has 0 aromatic heterocycles. The van der Waals surface area contributed by atoms with Crippen LogP contribution in [0.4, 0.5) is 18.9 Å². The van der Waals surface area contributed by atoms with Gasteiger partial charge in [-0.2, -0.15) is 13.2 Å². The fraction of sp³-hybridized carbons (Fsp3) is 0.417. The number of ether oxygens (including phenoxy) is 1. The van der Waals surface area contributed by atoms with E-state index in [2.05, 4.69) is 10.1 Å². The average molecular weight is 276 g/mol. The molecule has 0 spiro atoms. The molecule has 1 amide bonds. The minimum atomic E-state index is -4.38. The summed E-state index contributed by atoms with van der Waals surface area (Å²) in [7, 11) is 0. The molecule has 0 heterocycles. The maximum Gasteiger partial charge on any atom is 0.422 e. The van der Waals surface area contributed by atoms with E-state index in [1.54, 1.807) is 13.8 Å². The van der Waals surface area contributed by atoms with Crippen molar-refractivity contribution in [2.75, 3.05) is 11.9 Å². The minimum Gasteiger partial charge on any atom is -0.484 e. The van der Waals surface area contributed by atoms with Gasteiger partial charge in [-0.25, -0.2) is 0 Å². The van der Waals surface area contributed by atoms with Crippen molar-refractivity contribution in [2.45, 2.75) is 25.6 Å². The third kappa shape index (κ3) is 5.60. The van der Waals surface area contributed by atoms with E-state index in [0.29, 0.717) is 5.69 Å². The van der Waals surface area contributed by atoms with Crippen LogP contribution < -0.4 is 15.8 Å². The Balaban J connectivity index is 2.60. The first-order chi connectivity index (χ1) is 8.58. The Morgan fingerprint density at radius 1 is 1.26 bits per heavy atom. The third-order valence-corrected chi connectivity index (χ3v) is 2.10. The fourth-order valence-corrected chi connectivity index (χ4v) is 1.09. The summed E-state index contributed by atoms with van der Waals surface area (Å²) in [5.41, 5.74) is 4.99. The van der Waals surface area contributed by atoms with E-state index in [4.69, 9.17) is 5.73 Å². The number of amides is 1. The molecule has 0 saturated heterocycles. The zero-order chi connectivity index (χ0) is 14.7. The molecule has 0 radical (unpaired) electrons. The average Bonchev–Trinajstić information content (AvgIpc) is 2.26. The summed E-state index contributed by atoms with van der Waals surface area (Å²) < 4.78 is 40.3. The zero-order valence-corrected chi connectivity index (χ0v) is 10.5. The first-order valence-electron chi connectivity index (χ1n) is 5.48. The second-order valence-corrected chi connectivity index (χ2v) is 4.60. The quantitative estimate of drug-likeness (QED) is 0.887. The van der Waals surface area contributed by atoms with Crippen LogP contribution >= 0.6 is 0 Å². The fourth-order valence-electron chi connectivity index (χ4n) is 1.09. The van der Waals surface area contributed by atoms with E-state index < -0.39 is 24.2 Å². The molecule has 0 aliphatic carbocycles. The first kappa shape index (κ1) is 15.3. The van der Waals surface area contributed by atoms with Crippen LogP contribution in [0.1, 0.15) is 13.8 Å². The Bertz CT molecular complexity index is 436. The highest BCUT2D eigenvalue weighted by Gasteiger charge is 2.28. The van der Waals surface area contributed by atoms with Gasteiger partial charge < -0.3 is 15.8 Å². The highest BCUT2D eigenvalue weighted by Crippen LogP contribution is 2.20. The topological polar surface area (TPSA) is 64.4 Å². The van der Waals surface area contributed by atoms with Gasteiger partial charge in [0.05, 0.1) is 5.54 Å². The van der Waals surface area contributed by atoms with E-state index in [-0.39, 0.29) is 5.75 Å². The first-order valence-corrected chi connectivity index (χ1v) is 5.48. The summed E-state index contributed by atoms with van der Waals surface area (Å²) in [5.74, 6) is -0.321. The number of benzene rings is 1. The van der Waals surface area contributed by atoms with Crippen molar-refractivity contribution in [3.63, 3.8) is 0 Å². The van der Waals surface area contributed by atoms with E-state index in [9.17, 15) is 18.0 Å². The molecule has 1 aromatic rings. The maximum atomic E-state index is 11.9. The van der Waals surface area contributed by atoms with E-state index in [1.165, 1.54) is 24.3 Å². The Morgan fingerprint density at radius 3 is 2.21 bits per heavy atom. The van der Waals surface area contributed by atoms with Crippen molar-refractivity contribution in [2.24, 2.45) is 5.73 Å². The molecule has 4 nitrogen and oxygen atoms in total. The molecule has 1 rings (SSSR count). The number of alkyl halides is 3. The van der Waals surface area contributed by atoms with Crippen LogP contribution in [0.5, 0.6) is 5.75 Å². The standard InChI is InChI=1S/C12H15F3N2O2/c1-11(2,16)10(18)17-8-3-5-9(6-4-8)19-7-12(13,14)15/h3-6H,7,16H2,1-2H3,(H,17,18). The molecule has 3 N–H and O–H groups in total. The molecule has 1 aromatic carbocycles. The number of nitrogens with two attached hydrogens (primary N) is 1. The molecule has 0 aliphatic heterocycles. The monoisotopic (exact) mass is 276 g/mol. The van der Waals surface area contributed by atoms with Crippen molar-refractivity contribution in [1.82, 2.24) is 0 Å². The number of nitrogens with one attached hydrogen (secondary N) is 1. The number of hydrogen-bond acceptors (Lipinski definition) is 3. The molecular weight excluding hydrogens is 261 g/mol. The second kappa shape index (κ2) is 5.48. The van der Waals surface area contributed by atoms with Gasteiger partial charge in [-0.15, -0.1) is 0 Å². The highest BCUT2D eigenvalue weighted by atomic mass is 19.4. The van der Waals surface area contributed by atoms with Crippen LogP contribution in [0.15, 0.2) is 24.3 Å². The summed E-state index contributed by atoms with van der Waals surface area (Å²) in [4.78, 5) is 11.6. The Morgan fingerprint density at radius 2 is 1.79 bits per heavy atom. The molecule has 0 unspecified atom stereocenters. The van der Waals surface area contributed by atoms with Crippen molar-refractivity contribution in [3.8, 4) is 5.75 Å². The largest absolute Gasteiger partial charge is 0.484 e. The van der Waals surface area contributed by atoms with Crippen LogP contribution in [0, 0.1) is 0 Å². The second-order valence-electron chi connectivity index (χ2n) is 4.60. The molecular formula is C12H15F3N2O2. The van der Waals surface area contributed by atoms with E-state index >= 15 is 0 Å². The molecule has 19 heavy (non-hydrogen) atoms. The van der Waals surface area contributed by atoms with Crippen LogP contribution in [0.2, 0.25) is 0 Å². The summed E-state index contributed by atoms with van der Waals surface area (Å²) >= 11 is 0. The lowest BCUT2D eigenvalue weighted by Gasteiger charge is -2.18. The van der Waals surface area contributed by atoms with Gasteiger partial charge in [0.1, 0.15) is 5.75 Å². The number of rotatable bonds is 4. The lowest BCUT2D eigenvalue weighted by molar-refractivity contribution is -0.153. The van der Waals surface area contributed by atoms with Gasteiger partial charge in [0.25, 0.3) is 0 Å². The van der Waals surface area contributed by atoms with Crippen molar-refractivity contribution < 1.29 is 22.7 Å². The number of hydrogen-bond donors (Lipinski definition) is 2. The summed E-state index contributed by atoms with van der Waals surface area (Å²) in [5, 5.41) is 2.54. The number of carbonyl (C=O) groups is 1. The van der Waals surface area contributed by atoms with Gasteiger partial charge in [-0.1, -0.05) is 0 Å².